The Bertz CT molecular complexity index is 491. The summed E-state index contributed by atoms with van der Waals surface area (Å²) in [5, 5.41) is 3.21. The van der Waals surface area contributed by atoms with E-state index in [1.807, 2.05) is 38.2 Å². The van der Waals surface area contributed by atoms with Crippen LogP contribution < -0.4 is 5.32 Å². The van der Waals surface area contributed by atoms with Crippen LogP contribution in [0.3, 0.4) is 0 Å². The van der Waals surface area contributed by atoms with Crippen LogP contribution in [0.1, 0.15) is 34.6 Å². The third-order valence-corrected chi connectivity index (χ3v) is 2.52. The Morgan fingerprint density at radius 3 is 2.41 bits per heavy atom. The van der Waals surface area contributed by atoms with Gasteiger partial charge in [0, 0.05) is 18.3 Å². The third kappa shape index (κ3) is 10.1. The molecule has 0 amide bonds. The van der Waals surface area contributed by atoms with E-state index in [1.165, 1.54) is 0 Å². The number of nitrogens with zero attached hydrogens (tertiary/aromatic N) is 3. The number of hydrogen-bond acceptors (Lipinski definition) is 3. The second kappa shape index (κ2) is 11.0. The van der Waals surface area contributed by atoms with Crippen LogP contribution in [0, 0.1) is 5.41 Å². The van der Waals surface area contributed by atoms with E-state index in [2.05, 4.69) is 47.8 Å². The maximum absolute atomic E-state index is 5.73. The van der Waals surface area contributed by atoms with E-state index in [-0.39, 0.29) is 11.4 Å². The molecule has 4 nitrogen and oxygen atoms in total. The van der Waals surface area contributed by atoms with Gasteiger partial charge >= 0.3 is 0 Å². The molecule has 0 rings (SSSR count). The lowest BCUT2D eigenvalue weighted by Crippen LogP contribution is -2.31. The van der Waals surface area contributed by atoms with Gasteiger partial charge in [0.25, 0.3) is 0 Å². The molecule has 0 saturated carbocycles. The minimum Gasteiger partial charge on any atom is -0.325 e. The Morgan fingerprint density at radius 1 is 1.23 bits per heavy atom. The molecule has 0 atom stereocenters. The minimum absolute atomic E-state index is 0.110. The second-order valence-electron chi connectivity index (χ2n) is 5.89. The van der Waals surface area contributed by atoms with E-state index in [9.17, 15) is 0 Å². The van der Waals surface area contributed by atoms with E-state index < -0.39 is 0 Å². The van der Waals surface area contributed by atoms with Gasteiger partial charge in [-0.1, -0.05) is 39.0 Å². The quantitative estimate of drug-likeness (QED) is 0.255. The Hall–Kier alpha value is -1.68. The molecule has 1 N–H and O–H groups in total. The molecule has 0 heterocycles. The first kappa shape index (κ1) is 20.3. The van der Waals surface area contributed by atoms with Gasteiger partial charge in [-0.25, -0.2) is 0 Å². The van der Waals surface area contributed by atoms with Gasteiger partial charge in [-0.3, -0.25) is 15.0 Å². The van der Waals surface area contributed by atoms with E-state index in [4.69, 9.17) is 11.6 Å². The van der Waals surface area contributed by atoms with E-state index >= 15 is 0 Å². The molecule has 0 aromatic heterocycles. The lowest BCUT2D eigenvalue weighted by atomic mass is 9.97. The lowest BCUT2D eigenvalue weighted by molar-refractivity contribution is 0.429. The number of hydrogen-bond donors (Lipinski definition) is 1. The SMILES string of the molecule is C=N/C=C(/C)C(=NCCl)NC(/C=C\C=C\C)=NCC(C)(C)C. The number of rotatable bonds is 6. The molecular weight excluding hydrogens is 296 g/mol. The molecular formula is C17H27ClN4. The van der Waals surface area contributed by atoms with E-state index in [0.717, 1.165) is 11.4 Å². The molecule has 0 fully saturated rings. The summed E-state index contributed by atoms with van der Waals surface area (Å²) >= 11 is 5.73. The van der Waals surface area contributed by atoms with Crippen molar-refractivity contribution in [3.05, 3.63) is 36.1 Å². The summed E-state index contributed by atoms with van der Waals surface area (Å²) in [6, 6.07) is 0.162. The smallest absolute Gasteiger partial charge is 0.132 e. The van der Waals surface area contributed by atoms with Crippen molar-refractivity contribution in [2.45, 2.75) is 34.6 Å². The van der Waals surface area contributed by atoms with Crippen molar-refractivity contribution < 1.29 is 0 Å². The average Bonchev–Trinajstić information content (AvgIpc) is 2.43. The summed E-state index contributed by atoms with van der Waals surface area (Å²) < 4.78 is 0. The molecule has 0 aromatic rings. The van der Waals surface area contributed by atoms with E-state index in [0.29, 0.717) is 12.4 Å². The summed E-state index contributed by atoms with van der Waals surface area (Å²) in [5.41, 5.74) is 0.956. The highest BCUT2D eigenvalue weighted by molar-refractivity contribution is 6.19. The molecule has 0 spiro atoms. The number of allylic oxidation sites excluding steroid dienone is 3. The number of nitrogens with one attached hydrogen (secondary N) is 1. The maximum Gasteiger partial charge on any atom is 0.132 e. The van der Waals surface area contributed by atoms with Gasteiger partial charge in [0.05, 0.1) is 0 Å². The third-order valence-electron chi connectivity index (χ3n) is 2.40. The van der Waals surface area contributed by atoms with Crippen LogP contribution >= 0.6 is 11.6 Å². The molecule has 0 bridgehead atoms. The Balaban J connectivity index is 5.35. The number of alkyl halides is 1. The zero-order chi connectivity index (χ0) is 17.0. The number of halogens is 1. The Labute approximate surface area is 139 Å². The lowest BCUT2D eigenvalue weighted by Gasteiger charge is -2.16. The fraction of sp³-hybridized carbons (Fsp3) is 0.471. The summed E-state index contributed by atoms with van der Waals surface area (Å²) in [6.45, 7) is 14.4. The molecule has 22 heavy (non-hydrogen) atoms. The van der Waals surface area contributed by atoms with Gasteiger partial charge in [-0.05, 0) is 32.1 Å². The molecule has 0 radical (unpaired) electrons. The van der Waals surface area contributed by atoms with Crippen molar-refractivity contribution in [3.63, 3.8) is 0 Å². The highest BCUT2D eigenvalue weighted by Gasteiger charge is 2.10. The second-order valence-corrected chi connectivity index (χ2v) is 6.13. The highest BCUT2D eigenvalue weighted by Crippen LogP contribution is 2.12. The maximum atomic E-state index is 5.73. The summed E-state index contributed by atoms with van der Waals surface area (Å²) in [4.78, 5) is 12.6. The van der Waals surface area contributed by atoms with Gasteiger partial charge in [-0.2, -0.15) is 0 Å². The average molecular weight is 323 g/mol. The fourth-order valence-corrected chi connectivity index (χ4v) is 1.48. The fourth-order valence-electron chi connectivity index (χ4n) is 1.36. The molecule has 122 valence electrons. The minimum atomic E-state index is 0.110. The van der Waals surface area contributed by atoms with Crippen LogP contribution in [0.2, 0.25) is 0 Å². The van der Waals surface area contributed by atoms with Crippen LogP contribution in [-0.4, -0.2) is 30.9 Å². The van der Waals surface area contributed by atoms with Crippen LogP contribution in [0.5, 0.6) is 0 Å². The number of amidine groups is 2. The van der Waals surface area contributed by atoms with Crippen LogP contribution in [-0.2, 0) is 0 Å². The largest absolute Gasteiger partial charge is 0.325 e. The number of aliphatic imine (C=N–C) groups is 3. The van der Waals surface area contributed by atoms with Crippen LogP contribution in [0.15, 0.2) is 51.1 Å². The summed E-state index contributed by atoms with van der Waals surface area (Å²) in [6.07, 6.45) is 9.37. The van der Waals surface area contributed by atoms with Crippen molar-refractivity contribution in [3.8, 4) is 0 Å². The van der Waals surface area contributed by atoms with Gasteiger partial charge in [-0.15, -0.1) is 11.6 Å². The molecule has 0 aliphatic rings. The molecule has 0 aliphatic carbocycles. The molecule has 0 aliphatic heterocycles. The summed E-state index contributed by atoms with van der Waals surface area (Å²) in [5.74, 6) is 1.37. The predicted molar refractivity (Wildman–Crippen MR) is 100 cm³/mol. The molecule has 0 saturated heterocycles. The topological polar surface area (TPSA) is 49.1 Å². The van der Waals surface area contributed by atoms with Crippen molar-refractivity contribution in [2.75, 3.05) is 12.5 Å². The van der Waals surface area contributed by atoms with Gasteiger partial charge < -0.3 is 5.32 Å². The normalized spacial score (nSPS) is 14.9. The van der Waals surface area contributed by atoms with Crippen molar-refractivity contribution in [1.82, 2.24) is 5.32 Å². The van der Waals surface area contributed by atoms with Crippen LogP contribution in [0.4, 0.5) is 0 Å². The first-order valence-electron chi connectivity index (χ1n) is 7.18. The molecule has 0 unspecified atom stereocenters. The zero-order valence-corrected chi connectivity index (χ0v) is 15.0. The van der Waals surface area contributed by atoms with Gasteiger partial charge in [0.15, 0.2) is 0 Å². The van der Waals surface area contributed by atoms with Crippen LogP contribution in [0.25, 0.3) is 0 Å². The Morgan fingerprint density at radius 2 is 1.91 bits per heavy atom. The first-order chi connectivity index (χ1) is 10.3. The summed E-state index contributed by atoms with van der Waals surface area (Å²) in [7, 11) is 0. The zero-order valence-electron chi connectivity index (χ0n) is 14.2. The van der Waals surface area contributed by atoms with Gasteiger partial charge in [0.1, 0.15) is 17.7 Å². The standard InChI is InChI=1S/C17H27ClN4/c1-7-8-9-10-15(20-12-17(3,4)5)22-16(21-13-18)14(2)11-19-6/h7-11H,6,12-13H2,1-5H3,(H,20,21,22)/b8-7+,10-9-,14-11-. The van der Waals surface area contributed by atoms with Crippen molar-refractivity contribution in [2.24, 2.45) is 20.4 Å². The predicted octanol–water partition coefficient (Wildman–Crippen LogP) is 4.35. The van der Waals surface area contributed by atoms with E-state index in [1.54, 1.807) is 6.20 Å². The highest BCUT2D eigenvalue weighted by atomic mass is 35.5. The Kier molecular flexibility index (Phi) is 10.1. The van der Waals surface area contributed by atoms with Gasteiger partial charge in [0.2, 0.25) is 0 Å². The monoisotopic (exact) mass is 322 g/mol. The molecule has 0 aromatic carbocycles. The van der Waals surface area contributed by atoms with Crippen molar-refractivity contribution in [1.29, 1.82) is 0 Å². The molecule has 5 heteroatoms. The first-order valence-corrected chi connectivity index (χ1v) is 7.71. The van der Waals surface area contributed by atoms with Crippen molar-refractivity contribution >= 4 is 30.0 Å².